The van der Waals surface area contributed by atoms with Gasteiger partial charge in [-0.15, -0.1) is 0 Å². The van der Waals surface area contributed by atoms with Gasteiger partial charge in [-0.2, -0.15) is 0 Å². The summed E-state index contributed by atoms with van der Waals surface area (Å²) in [4.78, 5) is 1.57. The lowest BCUT2D eigenvalue weighted by atomic mass is 10.0. The fraction of sp³-hybridized carbons (Fsp3) is 0.333. The average Bonchev–Trinajstić information content (AvgIpc) is 1.82. The van der Waals surface area contributed by atoms with Crippen molar-refractivity contribution >= 4 is 34.2 Å². The first-order valence-corrected chi connectivity index (χ1v) is 3.72. The SMILES string of the molecule is NC1=C(N)C(=S)CC(=S)C1. The third-order valence-electron chi connectivity index (χ3n) is 1.39. The van der Waals surface area contributed by atoms with Gasteiger partial charge in [0.25, 0.3) is 0 Å². The highest BCUT2D eigenvalue weighted by atomic mass is 32.1. The number of hydrogen-bond donors (Lipinski definition) is 2. The molecule has 1 rings (SSSR count). The van der Waals surface area contributed by atoms with Gasteiger partial charge in [-0.3, -0.25) is 0 Å². The van der Waals surface area contributed by atoms with Crippen molar-refractivity contribution in [3.05, 3.63) is 11.4 Å². The minimum absolute atomic E-state index is 0.559. The van der Waals surface area contributed by atoms with Crippen LogP contribution in [0.5, 0.6) is 0 Å². The van der Waals surface area contributed by atoms with Gasteiger partial charge in [0.1, 0.15) is 0 Å². The Hall–Kier alpha value is -0.480. The maximum absolute atomic E-state index is 5.54. The summed E-state index contributed by atoms with van der Waals surface area (Å²) in [5.41, 5.74) is 12.3. The summed E-state index contributed by atoms with van der Waals surface area (Å²) in [6.45, 7) is 0. The van der Waals surface area contributed by atoms with Crippen LogP contribution in [-0.4, -0.2) is 9.73 Å². The number of hydrogen-bond acceptors (Lipinski definition) is 4. The van der Waals surface area contributed by atoms with Crippen LogP contribution >= 0.6 is 24.4 Å². The Kier molecular flexibility index (Phi) is 2.01. The second-order valence-corrected chi connectivity index (χ2v) is 3.32. The lowest BCUT2D eigenvalue weighted by molar-refractivity contribution is 1.13. The zero-order valence-electron chi connectivity index (χ0n) is 5.39. The summed E-state index contributed by atoms with van der Waals surface area (Å²) in [5, 5.41) is 0. The molecule has 0 atom stereocenters. The Bertz CT molecular complexity index is 230. The summed E-state index contributed by atoms with van der Waals surface area (Å²) in [6.07, 6.45) is 1.28. The van der Waals surface area contributed by atoms with Crippen LogP contribution in [0.15, 0.2) is 11.4 Å². The van der Waals surface area contributed by atoms with Crippen LogP contribution in [-0.2, 0) is 0 Å². The molecule has 0 spiro atoms. The Morgan fingerprint density at radius 1 is 1.10 bits per heavy atom. The summed E-state index contributed by atoms with van der Waals surface area (Å²) in [5.74, 6) is 0. The van der Waals surface area contributed by atoms with Gasteiger partial charge in [-0.05, 0) is 0 Å². The molecule has 0 aromatic heterocycles. The van der Waals surface area contributed by atoms with E-state index in [2.05, 4.69) is 0 Å². The van der Waals surface area contributed by atoms with E-state index in [1.165, 1.54) is 0 Å². The minimum Gasteiger partial charge on any atom is -0.400 e. The first kappa shape index (κ1) is 7.63. The quantitative estimate of drug-likeness (QED) is 0.527. The van der Waals surface area contributed by atoms with Crippen molar-refractivity contribution in [2.24, 2.45) is 11.5 Å². The molecule has 4 heteroatoms. The molecule has 2 nitrogen and oxygen atoms in total. The first-order chi connectivity index (χ1) is 4.61. The molecule has 0 heterocycles. The van der Waals surface area contributed by atoms with E-state index in [1.807, 2.05) is 0 Å². The molecule has 0 aliphatic heterocycles. The third kappa shape index (κ3) is 1.33. The molecule has 0 bridgehead atoms. The van der Waals surface area contributed by atoms with Gasteiger partial charge in [0.2, 0.25) is 0 Å². The van der Waals surface area contributed by atoms with Crippen molar-refractivity contribution in [2.75, 3.05) is 0 Å². The molecule has 0 unspecified atom stereocenters. The summed E-state index contributed by atoms with van der Waals surface area (Å²) in [7, 11) is 0. The zero-order valence-corrected chi connectivity index (χ0v) is 7.02. The van der Waals surface area contributed by atoms with E-state index in [1.54, 1.807) is 0 Å². The fourth-order valence-electron chi connectivity index (χ4n) is 0.824. The predicted octanol–water partition coefficient (Wildman–Crippen LogP) is 0.649. The largest absolute Gasteiger partial charge is 0.400 e. The van der Waals surface area contributed by atoms with Gasteiger partial charge in [0.15, 0.2) is 0 Å². The molecule has 0 radical (unpaired) electrons. The highest BCUT2D eigenvalue weighted by Gasteiger charge is 2.15. The average molecular weight is 172 g/mol. The van der Waals surface area contributed by atoms with Crippen molar-refractivity contribution in [3.8, 4) is 0 Å². The molecule has 0 saturated heterocycles. The molecule has 0 saturated carbocycles. The highest BCUT2D eigenvalue weighted by molar-refractivity contribution is 7.82. The van der Waals surface area contributed by atoms with Gasteiger partial charge in [0, 0.05) is 28.3 Å². The Labute approximate surface area is 70.3 Å². The number of rotatable bonds is 0. The van der Waals surface area contributed by atoms with Crippen molar-refractivity contribution in [1.29, 1.82) is 0 Å². The maximum Gasteiger partial charge on any atom is 0.0653 e. The summed E-state index contributed by atoms with van der Waals surface area (Å²) in [6, 6.07) is 0. The van der Waals surface area contributed by atoms with Gasteiger partial charge in [0.05, 0.1) is 5.70 Å². The Morgan fingerprint density at radius 3 is 2.20 bits per heavy atom. The smallest absolute Gasteiger partial charge is 0.0653 e. The van der Waals surface area contributed by atoms with Crippen LogP contribution in [0.2, 0.25) is 0 Å². The van der Waals surface area contributed by atoms with Crippen LogP contribution in [0.4, 0.5) is 0 Å². The van der Waals surface area contributed by atoms with Gasteiger partial charge >= 0.3 is 0 Å². The molecule has 54 valence electrons. The molecule has 0 fully saturated rings. The Balaban J connectivity index is 2.95. The van der Waals surface area contributed by atoms with Crippen LogP contribution in [0.3, 0.4) is 0 Å². The van der Waals surface area contributed by atoms with E-state index in [0.717, 1.165) is 4.86 Å². The number of nitrogens with two attached hydrogens (primary N) is 2. The number of thiocarbonyl (C=S) groups is 2. The topological polar surface area (TPSA) is 52.0 Å². The fourth-order valence-corrected chi connectivity index (χ4v) is 1.52. The van der Waals surface area contributed by atoms with Crippen molar-refractivity contribution in [1.82, 2.24) is 0 Å². The lowest BCUT2D eigenvalue weighted by Crippen LogP contribution is -2.25. The third-order valence-corrected chi connectivity index (χ3v) is 2.04. The highest BCUT2D eigenvalue weighted by Crippen LogP contribution is 2.13. The van der Waals surface area contributed by atoms with E-state index >= 15 is 0 Å². The van der Waals surface area contributed by atoms with E-state index in [-0.39, 0.29) is 0 Å². The molecule has 1 aliphatic carbocycles. The molecule has 0 aromatic carbocycles. The van der Waals surface area contributed by atoms with Crippen molar-refractivity contribution in [2.45, 2.75) is 12.8 Å². The van der Waals surface area contributed by atoms with Crippen LogP contribution in [0, 0.1) is 0 Å². The van der Waals surface area contributed by atoms with Crippen molar-refractivity contribution < 1.29 is 0 Å². The van der Waals surface area contributed by atoms with Crippen LogP contribution in [0.1, 0.15) is 12.8 Å². The molecule has 0 amide bonds. The summed E-state index contributed by atoms with van der Waals surface area (Å²) < 4.78 is 0. The zero-order chi connectivity index (χ0) is 7.72. The maximum atomic E-state index is 5.54. The summed E-state index contributed by atoms with van der Waals surface area (Å²) >= 11 is 9.89. The van der Waals surface area contributed by atoms with E-state index in [9.17, 15) is 0 Å². The lowest BCUT2D eigenvalue weighted by Gasteiger charge is -2.15. The van der Waals surface area contributed by atoms with E-state index in [0.29, 0.717) is 29.1 Å². The molecular formula is C6H8N2S2. The second-order valence-electron chi connectivity index (χ2n) is 2.25. The molecule has 4 N–H and O–H groups in total. The first-order valence-electron chi connectivity index (χ1n) is 2.90. The molecule has 0 aromatic rings. The second kappa shape index (κ2) is 2.64. The van der Waals surface area contributed by atoms with Gasteiger partial charge in [-0.1, -0.05) is 24.4 Å². The monoisotopic (exact) mass is 172 g/mol. The minimum atomic E-state index is 0.559. The van der Waals surface area contributed by atoms with Gasteiger partial charge < -0.3 is 11.5 Å². The van der Waals surface area contributed by atoms with E-state index < -0.39 is 0 Å². The molecule has 10 heavy (non-hydrogen) atoms. The molecule has 1 aliphatic rings. The predicted molar refractivity (Wildman–Crippen MR) is 49.8 cm³/mol. The molecular weight excluding hydrogens is 164 g/mol. The Morgan fingerprint density at radius 2 is 1.70 bits per heavy atom. The van der Waals surface area contributed by atoms with Crippen LogP contribution in [0.25, 0.3) is 0 Å². The van der Waals surface area contributed by atoms with Crippen LogP contribution < -0.4 is 11.5 Å². The standard InChI is InChI=1S/C6H8N2S2/c7-4-1-3(9)2-5(10)6(4)8/h1-2,7-8H2. The normalized spacial score (nSPS) is 20.0. The van der Waals surface area contributed by atoms with Crippen molar-refractivity contribution in [3.63, 3.8) is 0 Å². The number of allylic oxidation sites excluding steroid dienone is 2. The van der Waals surface area contributed by atoms with Gasteiger partial charge in [-0.25, -0.2) is 0 Å². The van der Waals surface area contributed by atoms with E-state index in [4.69, 9.17) is 35.9 Å².